The molecule has 0 radical (unpaired) electrons. The van der Waals surface area contributed by atoms with Gasteiger partial charge in [0.25, 0.3) is 0 Å². The van der Waals surface area contributed by atoms with Gasteiger partial charge in [-0.1, -0.05) is 23.7 Å². The zero-order valence-corrected chi connectivity index (χ0v) is 11.9. The van der Waals surface area contributed by atoms with E-state index in [2.05, 4.69) is 5.10 Å². The van der Waals surface area contributed by atoms with Crippen molar-refractivity contribution in [1.29, 1.82) is 0 Å². The molecular formula is C14H16ClN3O. The second-order valence-electron chi connectivity index (χ2n) is 4.75. The molecule has 0 aliphatic heterocycles. The van der Waals surface area contributed by atoms with Crippen LogP contribution in [0.15, 0.2) is 42.7 Å². The van der Waals surface area contributed by atoms with Crippen LogP contribution < -0.4 is 4.90 Å². The topological polar surface area (TPSA) is 38.1 Å². The largest absolute Gasteiger partial charge is 0.286 e. The van der Waals surface area contributed by atoms with Gasteiger partial charge in [-0.25, -0.2) is 4.68 Å². The molecule has 2 rings (SSSR count). The molecule has 0 unspecified atom stereocenters. The lowest BCUT2D eigenvalue weighted by molar-refractivity contribution is -0.118. The normalized spacial score (nSPS) is 11.4. The van der Waals surface area contributed by atoms with Crippen LogP contribution in [0, 0.1) is 0 Å². The van der Waals surface area contributed by atoms with Crippen molar-refractivity contribution >= 4 is 23.2 Å². The SMILES string of the molecule is CC(=O)N(c1ccccc1Cl)C(C)(C)n1cccn1. The molecule has 0 aliphatic carbocycles. The highest BCUT2D eigenvalue weighted by molar-refractivity contribution is 6.33. The van der Waals surface area contributed by atoms with Crippen LogP contribution in [0.2, 0.25) is 5.02 Å². The van der Waals surface area contributed by atoms with E-state index in [1.807, 2.05) is 44.3 Å². The lowest BCUT2D eigenvalue weighted by Crippen LogP contribution is -2.49. The number of amides is 1. The first-order chi connectivity index (χ1) is 8.94. The summed E-state index contributed by atoms with van der Waals surface area (Å²) >= 11 is 6.21. The first kappa shape index (κ1) is 13.6. The molecule has 5 heteroatoms. The number of halogens is 1. The summed E-state index contributed by atoms with van der Waals surface area (Å²) in [6.45, 7) is 5.37. The third-order valence-corrected chi connectivity index (χ3v) is 3.34. The van der Waals surface area contributed by atoms with Crippen molar-refractivity contribution in [3.05, 3.63) is 47.7 Å². The fourth-order valence-corrected chi connectivity index (χ4v) is 2.40. The highest BCUT2D eigenvalue weighted by Gasteiger charge is 2.33. The molecule has 0 fully saturated rings. The van der Waals surface area contributed by atoms with Gasteiger partial charge in [-0.15, -0.1) is 0 Å². The van der Waals surface area contributed by atoms with Gasteiger partial charge < -0.3 is 0 Å². The van der Waals surface area contributed by atoms with Gasteiger partial charge in [-0.2, -0.15) is 5.10 Å². The van der Waals surface area contributed by atoms with Crippen molar-refractivity contribution in [1.82, 2.24) is 9.78 Å². The highest BCUT2D eigenvalue weighted by Crippen LogP contribution is 2.33. The Kier molecular flexibility index (Phi) is 3.62. The number of rotatable bonds is 3. The number of carbonyl (C=O) groups is 1. The molecule has 1 heterocycles. The maximum absolute atomic E-state index is 12.1. The zero-order chi connectivity index (χ0) is 14.0. The average Bonchev–Trinajstić information content (AvgIpc) is 2.85. The van der Waals surface area contributed by atoms with Crippen LogP contribution in [0.25, 0.3) is 0 Å². The van der Waals surface area contributed by atoms with Gasteiger partial charge in [0.1, 0.15) is 5.66 Å². The van der Waals surface area contributed by atoms with E-state index >= 15 is 0 Å². The molecule has 0 bridgehead atoms. The van der Waals surface area contributed by atoms with Crippen LogP contribution in [0.4, 0.5) is 5.69 Å². The minimum Gasteiger partial charge on any atom is -0.286 e. The predicted molar refractivity (Wildman–Crippen MR) is 76.2 cm³/mol. The summed E-state index contributed by atoms with van der Waals surface area (Å²) < 4.78 is 1.73. The number of hydrogen-bond acceptors (Lipinski definition) is 2. The van der Waals surface area contributed by atoms with Crippen molar-refractivity contribution in [3.63, 3.8) is 0 Å². The average molecular weight is 278 g/mol. The van der Waals surface area contributed by atoms with E-state index in [4.69, 9.17) is 11.6 Å². The van der Waals surface area contributed by atoms with E-state index < -0.39 is 5.66 Å². The molecule has 100 valence electrons. The fourth-order valence-electron chi connectivity index (χ4n) is 2.18. The number of anilines is 1. The molecule has 0 saturated carbocycles. The molecule has 1 amide bonds. The zero-order valence-electron chi connectivity index (χ0n) is 11.2. The van der Waals surface area contributed by atoms with Crippen LogP contribution in [0.1, 0.15) is 20.8 Å². The third kappa shape index (κ3) is 2.49. The van der Waals surface area contributed by atoms with Crippen LogP contribution >= 0.6 is 11.6 Å². The maximum Gasteiger partial charge on any atom is 0.225 e. The van der Waals surface area contributed by atoms with Crippen LogP contribution in [0.5, 0.6) is 0 Å². The first-order valence-corrected chi connectivity index (χ1v) is 6.38. The summed E-state index contributed by atoms with van der Waals surface area (Å²) in [6.07, 6.45) is 3.51. The molecule has 4 nitrogen and oxygen atoms in total. The van der Waals surface area contributed by atoms with Gasteiger partial charge in [0, 0.05) is 19.3 Å². The molecule has 2 aromatic rings. The van der Waals surface area contributed by atoms with E-state index in [1.54, 1.807) is 21.8 Å². The summed E-state index contributed by atoms with van der Waals surface area (Å²) in [5.74, 6) is -0.0893. The molecule has 0 aliphatic rings. The van der Waals surface area contributed by atoms with Gasteiger partial charge in [0.2, 0.25) is 5.91 Å². The Hall–Kier alpha value is -1.81. The second kappa shape index (κ2) is 5.05. The minimum absolute atomic E-state index is 0.0893. The Bertz CT molecular complexity index is 578. The van der Waals surface area contributed by atoms with E-state index in [-0.39, 0.29) is 5.91 Å². The smallest absolute Gasteiger partial charge is 0.225 e. The molecule has 19 heavy (non-hydrogen) atoms. The standard InChI is InChI=1S/C14H16ClN3O/c1-11(19)18(13-8-5-4-7-12(13)15)14(2,3)17-10-6-9-16-17/h4-10H,1-3H3. The second-order valence-corrected chi connectivity index (χ2v) is 5.16. The quantitative estimate of drug-likeness (QED) is 0.863. The third-order valence-electron chi connectivity index (χ3n) is 3.02. The summed E-state index contributed by atoms with van der Waals surface area (Å²) in [4.78, 5) is 13.7. The summed E-state index contributed by atoms with van der Waals surface area (Å²) in [5.41, 5.74) is 0.0394. The lowest BCUT2D eigenvalue weighted by Gasteiger charge is -2.38. The van der Waals surface area contributed by atoms with E-state index in [0.29, 0.717) is 10.7 Å². The monoisotopic (exact) mass is 277 g/mol. The lowest BCUT2D eigenvalue weighted by atomic mass is 10.1. The van der Waals surface area contributed by atoms with Gasteiger partial charge >= 0.3 is 0 Å². The van der Waals surface area contributed by atoms with E-state index in [9.17, 15) is 4.79 Å². The summed E-state index contributed by atoms with van der Waals surface area (Å²) in [5, 5.41) is 4.77. The van der Waals surface area contributed by atoms with Crippen LogP contribution in [-0.2, 0) is 10.5 Å². The number of nitrogens with zero attached hydrogens (tertiary/aromatic N) is 3. The molecule has 0 spiro atoms. The number of aromatic nitrogens is 2. The van der Waals surface area contributed by atoms with Crippen molar-refractivity contribution in [2.75, 3.05) is 4.90 Å². The number of para-hydroxylation sites is 1. The van der Waals surface area contributed by atoms with Gasteiger partial charge in [-0.05, 0) is 32.0 Å². The van der Waals surface area contributed by atoms with E-state index in [1.165, 1.54) is 6.92 Å². The number of carbonyl (C=O) groups excluding carboxylic acids is 1. The van der Waals surface area contributed by atoms with Crippen molar-refractivity contribution in [2.24, 2.45) is 0 Å². The highest BCUT2D eigenvalue weighted by atomic mass is 35.5. The molecule has 0 N–H and O–H groups in total. The van der Waals surface area contributed by atoms with Crippen molar-refractivity contribution in [3.8, 4) is 0 Å². The number of benzene rings is 1. The van der Waals surface area contributed by atoms with Gasteiger partial charge in [0.05, 0.1) is 10.7 Å². The Morgan fingerprint density at radius 2 is 2.00 bits per heavy atom. The Morgan fingerprint density at radius 1 is 1.32 bits per heavy atom. The van der Waals surface area contributed by atoms with Crippen LogP contribution in [0.3, 0.4) is 0 Å². The van der Waals surface area contributed by atoms with Crippen molar-refractivity contribution < 1.29 is 4.79 Å². The summed E-state index contributed by atoms with van der Waals surface area (Å²) in [6, 6.07) is 9.12. The Balaban J connectivity index is 2.53. The molecule has 1 aromatic heterocycles. The Labute approximate surface area is 117 Å². The Morgan fingerprint density at radius 3 is 2.53 bits per heavy atom. The minimum atomic E-state index is -0.639. The molecule has 0 saturated heterocycles. The van der Waals surface area contributed by atoms with Crippen LogP contribution in [-0.4, -0.2) is 15.7 Å². The first-order valence-electron chi connectivity index (χ1n) is 6.00. The van der Waals surface area contributed by atoms with Gasteiger partial charge in [-0.3, -0.25) is 9.69 Å². The van der Waals surface area contributed by atoms with Crippen molar-refractivity contribution in [2.45, 2.75) is 26.4 Å². The molecule has 0 atom stereocenters. The number of hydrogen-bond donors (Lipinski definition) is 0. The summed E-state index contributed by atoms with van der Waals surface area (Å²) in [7, 11) is 0. The maximum atomic E-state index is 12.1. The fraction of sp³-hybridized carbons (Fsp3) is 0.286. The van der Waals surface area contributed by atoms with E-state index in [0.717, 1.165) is 0 Å². The molecule has 1 aromatic carbocycles. The molecular weight excluding hydrogens is 262 g/mol. The van der Waals surface area contributed by atoms with Gasteiger partial charge in [0.15, 0.2) is 0 Å². The predicted octanol–water partition coefficient (Wildman–Crippen LogP) is 3.28.